The van der Waals surface area contributed by atoms with E-state index in [1.807, 2.05) is 19.1 Å². The van der Waals surface area contributed by atoms with Gasteiger partial charge in [-0.2, -0.15) is 4.31 Å². The molecule has 1 saturated heterocycles. The molecular weight excluding hydrogens is 347 g/mol. The van der Waals surface area contributed by atoms with Gasteiger partial charge in [-0.05, 0) is 44.0 Å². The number of nitrogens with zero attached hydrogens (tertiary/aromatic N) is 1. The standard InChI is InChI=1S/C15H14F3NO2S2/c1-9-4-6-12(22-9)11-3-2-8-19(11)23(20,21)13-7-5-10(16)14(17)15(13)18/h4-7,11H,2-3,8H2,1H3. The van der Waals surface area contributed by atoms with Crippen LogP contribution in [-0.4, -0.2) is 19.3 Å². The number of benzene rings is 1. The fraction of sp³-hybridized carbons (Fsp3) is 0.333. The minimum absolute atomic E-state index is 0.225. The average molecular weight is 361 g/mol. The molecular formula is C15H14F3NO2S2. The van der Waals surface area contributed by atoms with Gasteiger partial charge in [0.25, 0.3) is 0 Å². The van der Waals surface area contributed by atoms with Crippen molar-refractivity contribution in [3.63, 3.8) is 0 Å². The molecule has 3 rings (SSSR count). The maximum absolute atomic E-state index is 13.9. The van der Waals surface area contributed by atoms with E-state index < -0.39 is 38.4 Å². The lowest BCUT2D eigenvalue weighted by atomic mass is 10.2. The molecule has 1 aromatic heterocycles. The molecule has 0 amide bonds. The van der Waals surface area contributed by atoms with Crippen LogP contribution in [0.5, 0.6) is 0 Å². The number of sulfonamides is 1. The summed E-state index contributed by atoms with van der Waals surface area (Å²) in [5, 5.41) is 0. The van der Waals surface area contributed by atoms with Crippen LogP contribution in [0.4, 0.5) is 13.2 Å². The van der Waals surface area contributed by atoms with Crippen LogP contribution < -0.4 is 0 Å². The second-order valence-corrected chi connectivity index (χ2v) is 8.57. The second kappa shape index (κ2) is 5.92. The second-order valence-electron chi connectivity index (χ2n) is 5.40. The van der Waals surface area contributed by atoms with Crippen molar-refractivity contribution in [1.29, 1.82) is 0 Å². The van der Waals surface area contributed by atoms with Crippen LogP contribution in [0.2, 0.25) is 0 Å². The van der Waals surface area contributed by atoms with Crippen molar-refractivity contribution in [3.8, 4) is 0 Å². The minimum atomic E-state index is -4.24. The summed E-state index contributed by atoms with van der Waals surface area (Å²) in [6.07, 6.45) is 1.25. The largest absolute Gasteiger partial charge is 0.246 e. The van der Waals surface area contributed by atoms with E-state index in [1.165, 1.54) is 15.6 Å². The number of thiophene rings is 1. The molecule has 1 fully saturated rings. The first-order valence-corrected chi connectivity index (χ1v) is 9.29. The highest BCUT2D eigenvalue weighted by Crippen LogP contribution is 2.39. The lowest BCUT2D eigenvalue weighted by Crippen LogP contribution is -2.31. The van der Waals surface area contributed by atoms with E-state index in [9.17, 15) is 21.6 Å². The van der Waals surface area contributed by atoms with Gasteiger partial charge in [-0.3, -0.25) is 0 Å². The number of halogens is 3. The van der Waals surface area contributed by atoms with Crippen LogP contribution in [0, 0.1) is 24.4 Å². The van der Waals surface area contributed by atoms with Gasteiger partial charge in [0, 0.05) is 16.3 Å². The Labute approximate surface area is 136 Å². The minimum Gasteiger partial charge on any atom is -0.207 e. The number of aryl methyl sites for hydroxylation is 1. The summed E-state index contributed by atoms with van der Waals surface area (Å²) in [5.41, 5.74) is 0. The summed E-state index contributed by atoms with van der Waals surface area (Å²) in [6.45, 7) is 2.14. The third-order valence-corrected chi connectivity index (χ3v) is 6.91. The van der Waals surface area contributed by atoms with Gasteiger partial charge >= 0.3 is 0 Å². The Morgan fingerprint density at radius 2 is 1.87 bits per heavy atom. The van der Waals surface area contributed by atoms with Crippen LogP contribution in [0.25, 0.3) is 0 Å². The van der Waals surface area contributed by atoms with Crippen molar-refractivity contribution in [2.45, 2.75) is 30.7 Å². The van der Waals surface area contributed by atoms with Crippen LogP contribution >= 0.6 is 11.3 Å². The molecule has 1 unspecified atom stereocenters. The molecule has 0 N–H and O–H groups in total. The summed E-state index contributed by atoms with van der Waals surface area (Å²) in [7, 11) is -4.24. The topological polar surface area (TPSA) is 37.4 Å². The molecule has 0 aliphatic carbocycles. The van der Waals surface area contributed by atoms with E-state index in [1.54, 1.807) is 0 Å². The highest BCUT2D eigenvalue weighted by Gasteiger charge is 2.39. The van der Waals surface area contributed by atoms with Gasteiger partial charge < -0.3 is 0 Å². The summed E-state index contributed by atoms with van der Waals surface area (Å²) in [5.74, 6) is -4.85. The average Bonchev–Trinajstić information content (AvgIpc) is 3.13. The Morgan fingerprint density at radius 1 is 1.13 bits per heavy atom. The molecule has 1 aromatic carbocycles. The zero-order valence-corrected chi connectivity index (χ0v) is 13.9. The van der Waals surface area contributed by atoms with E-state index in [2.05, 4.69) is 0 Å². The molecule has 0 saturated carbocycles. The number of hydrogen-bond donors (Lipinski definition) is 0. The first kappa shape index (κ1) is 16.5. The van der Waals surface area contributed by atoms with Crippen LogP contribution in [0.15, 0.2) is 29.2 Å². The Balaban J connectivity index is 2.04. The Hall–Kier alpha value is -1.38. The Bertz CT molecular complexity index is 848. The quantitative estimate of drug-likeness (QED) is 0.775. The zero-order chi connectivity index (χ0) is 16.8. The van der Waals surface area contributed by atoms with E-state index in [0.29, 0.717) is 18.9 Å². The summed E-state index contributed by atoms with van der Waals surface area (Å²) in [6, 6.07) is 4.75. The Morgan fingerprint density at radius 3 is 2.52 bits per heavy atom. The van der Waals surface area contributed by atoms with Crippen LogP contribution in [0.3, 0.4) is 0 Å². The predicted octanol–water partition coefficient (Wildman–Crippen LogP) is 4.00. The molecule has 0 radical (unpaired) electrons. The van der Waals surface area contributed by atoms with E-state index in [0.717, 1.165) is 15.8 Å². The monoisotopic (exact) mass is 361 g/mol. The number of rotatable bonds is 3. The van der Waals surface area contributed by atoms with Gasteiger partial charge in [-0.25, -0.2) is 21.6 Å². The van der Waals surface area contributed by atoms with Gasteiger partial charge in [-0.15, -0.1) is 11.3 Å². The van der Waals surface area contributed by atoms with Gasteiger partial charge in [0.05, 0.1) is 6.04 Å². The molecule has 0 spiro atoms. The lowest BCUT2D eigenvalue weighted by Gasteiger charge is -2.23. The fourth-order valence-electron chi connectivity index (χ4n) is 2.78. The third kappa shape index (κ3) is 2.79. The Kier molecular flexibility index (Phi) is 4.24. The molecule has 1 aliphatic heterocycles. The van der Waals surface area contributed by atoms with E-state index >= 15 is 0 Å². The van der Waals surface area contributed by atoms with Gasteiger partial charge in [-0.1, -0.05) is 0 Å². The SMILES string of the molecule is Cc1ccc(C2CCCN2S(=O)(=O)c2ccc(F)c(F)c2F)s1. The first-order valence-electron chi connectivity index (χ1n) is 7.04. The number of hydrogen-bond acceptors (Lipinski definition) is 3. The van der Waals surface area contributed by atoms with Crippen molar-refractivity contribution in [2.24, 2.45) is 0 Å². The fourth-order valence-corrected chi connectivity index (χ4v) is 5.60. The predicted molar refractivity (Wildman–Crippen MR) is 81.2 cm³/mol. The zero-order valence-electron chi connectivity index (χ0n) is 12.2. The normalized spacial score (nSPS) is 19.4. The molecule has 0 bridgehead atoms. The van der Waals surface area contributed by atoms with E-state index in [4.69, 9.17) is 0 Å². The molecule has 8 heteroatoms. The van der Waals surface area contributed by atoms with Crippen molar-refractivity contribution in [1.82, 2.24) is 4.31 Å². The van der Waals surface area contributed by atoms with Crippen molar-refractivity contribution < 1.29 is 21.6 Å². The molecule has 1 aliphatic rings. The highest BCUT2D eigenvalue weighted by molar-refractivity contribution is 7.89. The maximum atomic E-state index is 13.9. The molecule has 23 heavy (non-hydrogen) atoms. The third-order valence-electron chi connectivity index (χ3n) is 3.88. The molecule has 2 heterocycles. The maximum Gasteiger partial charge on any atom is 0.246 e. The summed E-state index contributed by atoms with van der Waals surface area (Å²) < 4.78 is 67.0. The smallest absolute Gasteiger partial charge is 0.207 e. The lowest BCUT2D eigenvalue weighted by molar-refractivity contribution is 0.390. The van der Waals surface area contributed by atoms with Crippen molar-refractivity contribution in [3.05, 3.63) is 51.5 Å². The van der Waals surface area contributed by atoms with E-state index in [-0.39, 0.29) is 6.54 Å². The molecule has 3 nitrogen and oxygen atoms in total. The highest BCUT2D eigenvalue weighted by atomic mass is 32.2. The molecule has 124 valence electrons. The molecule has 2 aromatic rings. The summed E-state index contributed by atoms with van der Waals surface area (Å²) in [4.78, 5) is 1.09. The molecule has 1 atom stereocenters. The van der Waals surface area contributed by atoms with Crippen LogP contribution in [0.1, 0.15) is 28.6 Å². The van der Waals surface area contributed by atoms with Crippen LogP contribution in [-0.2, 0) is 10.0 Å². The van der Waals surface area contributed by atoms with Crippen molar-refractivity contribution in [2.75, 3.05) is 6.54 Å². The van der Waals surface area contributed by atoms with Crippen molar-refractivity contribution >= 4 is 21.4 Å². The van der Waals surface area contributed by atoms with Gasteiger partial charge in [0.2, 0.25) is 10.0 Å². The first-order chi connectivity index (χ1) is 10.8. The van der Waals surface area contributed by atoms with Gasteiger partial charge in [0.15, 0.2) is 17.5 Å². The van der Waals surface area contributed by atoms with Gasteiger partial charge in [0.1, 0.15) is 4.90 Å². The summed E-state index contributed by atoms with van der Waals surface area (Å²) >= 11 is 1.48.